The first kappa shape index (κ1) is 13.3. The fourth-order valence-electron chi connectivity index (χ4n) is 1.29. The van der Waals surface area contributed by atoms with Crippen molar-refractivity contribution >= 4 is 5.97 Å². The molecular formula is C14H18O3. The lowest BCUT2D eigenvalue weighted by Crippen LogP contribution is -2.12. The SMILES string of the molecule is C=C(C)C(=O)OCCOc1cccc(C)c1C. The number of esters is 1. The average molecular weight is 234 g/mol. The molecular weight excluding hydrogens is 216 g/mol. The van der Waals surface area contributed by atoms with Crippen molar-refractivity contribution < 1.29 is 14.3 Å². The Labute approximate surface area is 102 Å². The number of hydrogen-bond acceptors (Lipinski definition) is 3. The lowest BCUT2D eigenvalue weighted by molar-refractivity contribution is -0.139. The molecule has 92 valence electrons. The predicted octanol–water partition coefficient (Wildman–Crippen LogP) is 2.80. The molecule has 0 aliphatic rings. The van der Waals surface area contributed by atoms with Crippen molar-refractivity contribution in [3.8, 4) is 5.75 Å². The van der Waals surface area contributed by atoms with Crippen LogP contribution in [0.4, 0.5) is 0 Å². The highest BCUT2D eigenvalue weighted by Crippen LogP contribution is 2.20. The number of ether oxygens (including phenoxy) is 2. The van der Waals surface area contributed by atoms with E-state index in [2.05, 4.69) is 6.58 Å². The van der Waals surface area contributed by atoms with Crippen LogP contribution in [-0.2, 0) is 9.53 Å². The zero-order valence-corrected chi connectivity index (χ0v) is 10.6. The number of aryl methyl sites for hydroxylation is 1. The molecule has 1 aromatic carbocycles. The van der Waals surface area contributed by atoms with E-state index < -0.39 is 0 Å². The van der Waals surface area contributed by atoms with Gasteiger partial charge >= 0.3 is 5.97 Å². The fraction of sp³-hybridized carbons (Fsp3) is 0.357. The van der Waals surface area contributed by atoms with Crippen LogP contribution in [0.5, 0.6) is 5.75 Å². The van der Waals surface area contributed by atoms with E-state index in [0.29, 0.717) is 12.2 Å². The first-order chi connectivity index (χ1) is 8.02. The van der Waals surface area contributed by atoms with Crippen LogP contribution in [0.25, 0.3) is 0 Å². The Kier molecular flexibility index (Phi) is 4.76. The predicted molar refractivity (Wildman–Crippen MR) is 67.2 cm³/mol. The Balaban J connectivity index is 2.39. The van der Waals surface area contributed by atoms with Crippen molar-refractivity contribution in [2.45, 2.75) is 20.8 Å². The topological polar surface area (TPSA) is 35.5 Å². The van der Waals surface area contributed by atoms with Gasteiger partial charge < -0.3 is 9.47 Å². The molecule has 0 N–H and O–H groups in total. The third-order valence-electron chi connectivity index (χ3n) is 2.48. The van der Waals surface area contributed by atoms with Crippen LogP contribution >= 0.6 is 0 Å². The van der Waals surface area contributed by atoms with Crippen molar-refractivity contribution in [3.63, 3.8) is 0 Å². The molecule has 1 aromatic rings. The zero-order chi connectivity index (χ0) is 12.8. The first-order valence-electron chi connectivity index (χ1n) is 5.54. The summed E-state index contributed by atoms with van der Waals surface area (Å²) in [6.45, 7) is 9.74. The normalized spacial score (nSPS) is 9.82. The van der Waals surface area contributed by atoms with Crippen LogP contribution in [0.15, 0.2) is 30.4 Å². The van der Waals surface area contributed by atoms with Gasteiger partial charge in [-0.1, -0.05) is 18.7 Å². The summed E-state index contributed by atoms with van der Waals surface area (Å²) in [5.41, 5.74) is 2.69. The molecule has 0 aliphatic heterocycles. The van der Waals surface area contributed by atoms with Gasteiger partial charge in [0, 0.05) is 5.57 Å². The Morgan fingerprint density at radius 3 is 2.65 bits per heavy atom. The summed E-state index contributed by atoms with van der Waals surface area (Å²) in [7, 11) is 0. The van der Waals surface area contributed by atoms with Gasteiger partial charge in [-0.05, 0) is 38.0 Å². The van der Waals surface area contributed by atoms with Crippen molar-refractivity contribution in [2.24, 2.45) is 0 Å². The van der Waals surface area contributed by atoms with E-state index >= 15 is 0 Å². The summed E-state index contributed by atoms with van der Waals surface area (Å²) >= 11 is 0. The maximum absolute atomic E-state index is 11.1. The highest BCUT2D eigenvalue weighted by Gasteiger charge is 2.04. The maximum atomic E-state index is 11.1. The molecule has 0 radical (unpaired) electrons. The van der Waals surface area contributed by atoms with Crippen LogP contribution in [0.3, 0.4) is 0 Å². The number of benzene rings is 1. The van der Waals surface area contributed by atoms with Gasteiger partial charge in [0.05, 0.1) is 0 Å². The van der Waals surface area contributed by atoms with Crippen LogP contribution in [0.2, 0.25) is 0 Å². The number of carbonyl (C=O) groups excluding carboxylic acids is 1. The Hall–Kier alpha value is -1.77. The Morgan fingerprint density at radius 2 is 2.00 bits per heavy atom. The van der Waals surface area contributed by atoms with Crippen LogP contribution in [0, 0.1) is 13.8 Å². The van der Waals surface area contributed by atoms with Crippen molar-refractivity contribution in [1.29, 1.82) is 0 Å². The van der Waals surface area contributed by atoms with Crippen molar-refractivity contribution in [2.75, 3.05) is 13.2 Å². The van der Waals surface area contributed by atoms with Gasteiger partial charge in [0.1, 0.15) is 19.0 Å². The third kappa shape index (κ3) is 3.94. The number of carbonyl (C=O) groups is 1. The lowest BCUT2D eigenvalue weighted by atomic mass is 10.1. The molecule has 1 rings (SSSR count). The molecule has 0 amide bonds. The van der Waals surface area contributed by atoms with Crippen LogP contribution in [-0.4, -0.2) is 19.2 Å². The molecule has 0 unspecified atom stereocenters. The van der Waals surface area contributed by atoms with Gasteiger partial charge in [-0.2, -0.15) is 0 Å². The minimum Gasteiger partial charge on any atom is -0.490 e. The van der Waals surface area contributed by atoms with Gasteiger partial charge in [0.2, 0.25) is 0 Å². The van der Waals surface area contributed by atoms with Gasteiger partial charge in [-0.3, -0.25) is 0 Å². The first-order valence-corrected chi connectivity index (χ1v) is 5.54. The zero-order valence-electron chi connectivity index (χ0n) is 10.6. The smallest absolute Gasteiger partial charge is 0.333 e. The number of rotatable bonds is 5. The molecule has 3 heteroatoms. The van der Waals surface area contributed by atoms with Gasteiger partial charge in [-0.15, -0.1) is 0 Å². The fourth-order valence-corrected chi connectivity index (χ4v) is 1.29. The molecule has 0 aliphatic carbocycles. The summed E-state index contributed by atoms with van der Waals surface area (Å²) in [4.78, 5) is 11.1. The molecule has 0 saturated heterocycles. The second-order valence-corrected chi connectivity index (χ2v) is 3.96. The Morgan fingerprint density at radius 1 is 1.29 bits per heavy atom. The highest BCUT2D eigenvalue weighted by molar-refractivity contribution is 5.86. The average Bonchev–Trinajstić information content (AvgIpc) is 2.29. The molecule has 0 heterocycles. The maximum Gasteiger partial charge on any atom is 0.333 e. The summed E-state index contributed by atoms with van der Waals surface area (Å²) in [5.74, 6) is 0.450. The summed E-state index contributed by atoms with van der Waals surface area (Å²) in [6, 6.07) is 5.88. The molecule has 17 heavy (non-hydrogen) atoms. The Bertz CT molecular complexity index is 421. The second kappa shape index (κ2) is 6.09. The van der Waals surface area contributed by atoms with Gasteiger partial charge in [0.25, 0.3) is 0 Å². The molecule has 0 saturated carbocycles. The van der Waals surface area contributed by atoms with Crippen LogP contribution < -0.4 is 4.74 Å². The molecule has 0 aromatic heterocycles. The number of hydrogen-bond donors (Lipinski definition) is 0. The lowest BCUT2D eigenvalue weighted by Gasteiger charge is -2.11. The van der Waals surface area contributed by atoms with E-state index in [0.717, 1.165) is 11.3 Å². The van der Waals surface area contributed by atoms with Crippen molar-refractivity contribution in [1.82, 2.24) is 0 Å². The van der Waals surface area contributed by atoms with E-state index in [9.17, 15) is 4.79 Å². The standard InChI is InChI=1S/C14H18O3/c1-10(2)14(15)17-9-8-16-13-7-5-6-11(3)12(13)4/h5-7H,1,8-9H2,2-4H3. The van der Waals surface area contributed by atoms with E-state index in [4.69, 9.17) is 9.47 Å². The minimum atomic E-state index is -0.380. The van der Waals surface area contributed by atoms with E-state index in [-0.39, 0.29) is 12.6 Å². The van der Waals surface area contributed by atoms with Crippen LogP contribution in [0.1, 0.15) is 18.1 Å². The summed E-state index contributed by atoms with van der Waals surface area (Å²) in [5, 5.41) is 0. The molecule has 0 bridgehead atoms. The second-order valence-electron chi connectivity index (χ2n) is 3.96. The highest BCUT2D eigenvalue weighted by atomic mass is 16.6. The monoisotopic (exact) mass is 234 g/mol. The molecule has 0 fully saturated rings. The minimum absolute atomic E-state index is 0.235. The van der Waals surface area contributed by atoms with Gasteiger partial charge in [-0.25, -0.2) is 4.79 Å². The largest absolute Gasteiger partial charge is 0.490 e. The molecule has 0 atom stereocenters. The van der Waals surface area contributed by atoms with Crippen molar-refractivity contribution in [3.05, 3.63) is 41.5 Å². The third-order valence-corrected chi connectivity index (χ3v) is 2.48. The quantitative estimate of drug-likeness (QED) is 0.446. The summed E-state index contributed by atoms with van der Waals surface area (Å²) in [6.07, 6.45) is 0. The molecule has 3 nitrogen and oxygen atoms in total. The van der Waals surface area contributed by atoms with E-state index in [1.807, 2.05) is 32.0 Å². The summed E-state index contributed by atoms with van der Waals surface area (Å²) < 4.78 is 10.5. The molecule has 0 spiro atoms. The van der Waals surface area contributed by atoms with Gasteiger partial charge in [0.15, 0.2) is 0 Å². The van der Waals surface area contributed by atoms with E-state index in [1.54, 1.807) is 6.92 Å². The van der Waals surface area contributed by atoms with E-state index in [1.165, 1.54) is 5.56 Å².